The Morgan fingerprint density at radius 3 is 2.56 bits per heavy atom. The summed E-state index contributed by atoms with van der Waals surface area (Å²) < 4.78 is 5.01. The SMILES string of the molecule is O=C(O)C[C@H](NC(=O)CCc1ccco1)C(=O)O. The van der Waals surface area contributed by atoms with Gasteiger partial charge in [-0.1, -0.05) is 0 Å². The van der Waals surface area contributed by atoms with E-state index in [1.807, 2.05) is 0 Å². The molecule has 7 heteroatoms. The monoisotopic (exact) mass is 255 g/mol. The second kappa shape index (κ2) is 6.43. The predicted octanol–water partition coefficient (Wildman–Crippen LogP) is 0.256. The molecule has 1 heterocycles. The number of aliphatic carboxylic acids is 2. The van der Waals surface area contributed by atoms with Gasteiger partial charge in [-0.3, -0.25) is 9.59 Å². The Labute approximate surface area is 102 Å². The van der Waals surface area contributed by atoms with Crippen LogP contribution in [-0.4, -0.2) is 34.1 Å². The number of carbonyl (C=O) groups is 3. The van der Waals surface area contributed by atoms with Crippen LogP contribution < -0.4 is 5.32 Å². The molecule has 1 atom stereocenters. The lowest BCUT2D eigenvalue weighted by Gasteiger charge is -2.11. The highest BCUT2D eigenvalue weighted by molar-refractivity contribution is 5.86. The van der Waals surface area contributed by atoms with E-state index in [9.17, 15) is 14.4 Å². The van der Waals surface area contributed by atoms with Crippen molar-refractivity contribution in [3.63, 3.8) is 0 Å². The van der Waals surface area contributed by atoms with Gasteiger partial charge in [0.2, 0.25) is 5.91 Å². The van der Waals surface area contributed by atoms with Crippen LogP contribution in [0.3, 0.4) is 0 Å². The zero-order valence-electron chi connectivity index (χ0n) is 9.46. The molecule has 1 aromatic heterocycles. The summed E-state index contributed by atoms with van der Waals surface area (Å²) in [5.74, 6) is -2.58. The molecular formula is C11H13NO6. The number of furan rings is 1. The van der Waals surface area contributed by atoms with Gasteiger partial charge < -0.3 is 19.9 Å². The fourth-order valence-corrected chi connectivity index (χ4v) is 1.33. The lowest BCUT2D eigenvalue weighted by Crippen LogP contribution is -2.42. The van der Waals surface area contributed by atoms with Crippen molar-refractivity contribution in [3.05, 3.63) is 24.2 Å². The zero-order valence-corrected chi connectivity index (χ0v) is 9.46. The molecule has 0 aromatic carbocycles. The van der Waals surface area contributed by atoms with Gasteiger partial charge in [-0.15, -0.1) is 0 Å². The molecule has 1 amide bonds. The maximum Gasteiger partial charge on any atom is 0.326 e. The Hall–Kier alpha value is -2.31. The molecule has 0 aliphatic heterocycles. The third-order valence-corrected chi connectivity index (χ3v) is 2.19. The van der Waals surface area contributed by atoms with Crippen molar-refractivity contribution in [1.29, 1.82) is 0 Å². The van der Waals surface area contributed by atoms with E-state index in [0.717, 1.165) is 0 Å². The maximum absolute atomic E-state index is 11.4. The van der Waals surface area contributed by atoms with Crippen LogP contribution >= 0.6 is 0 Å². The second-order valence-corrected chi connectivity index (χ2v) is 3.64. The third-order valence-electron chi connectivity index (χ3n) is 2.19. The Kier molecular flexibility index (Phi) is 4.91. The smallest absolute Gasteiger partial charge is 0.326 e. The van der Waals surface area contributed by atoms with Gasteiger partial charge in [0.15, 0.2) is 0 Å². The number of hydrogen-bond acceptors (Lipinski definition) is 4. The molecule has 0 aliphatic carbocycles. The number of carboxylic acid groups (broad SMARTS) is 2. The number of amides is 1. The number of aryl methyl sites for hydroxylation is 1. The first-order chi connectivity index (χ1) is 8.49. The van der Waals surface area contributed by atoms with Crippen molar-refractivity contribution in [2.75, 3.05) is 0 Å². The van der Waals surface area contributed by atoms with Gasteiger partial charge in [0.1, 0.15) is 11.8 Å². The third kappa shape index (κ3) is 4.69. The first-order valence-corrected chi connectivity index (χ1v) is 5.25. The molecule has 1 rings (SSSR count). The molecule has 7 nitrogen and oxygen atoms in total. The van der Waals surface area contributed by atoms with Crippen molar-refractivity contribution < 1.29 is 29.0 Å². The molecular weight excluding hydrogens is 242 g/mol. The van der Waals surface area contributed by atoms with Gasteiger partial charge in [-0.25, -0.2) is 4.79 Å². The number of carboxylic acids is 2. The van der Waals surface area contributed by atoms with Crippen molar-refractivity contribution in [3.8, 4) is 0 Å². The van der Waals surface area contributed by atoms with Crippen molar-refractivity contribution in [2.45, 2.75) is 25.3 Å². The van der Waals surface area contributed by atoms with Crippen LogP contribution in [0.1, 0.15) is 18.6 Å². The number of rotatable bonds is 7. The van der Waals surface area contributed by atoms with E-state index in [4.69, 9.17) is 14.6 Å². The lowest BCUT2D eigenvalue weighted by molar-refractivity contribution is -0.147. The fraction of sp³-hybridized carbons (Fsp3) is 0.364. The van der Waals surface area contributed by atoms with E-state index in [0.29, 0.717) is 12.2 Å². The highest BCUT2D eigenvalue weighted by atomic mass is 16.4. The highest BCUT2D eigenvalue weighted by Gasteiger charge is 2.22. The van der Waals surface area contributed by atoms with Crippen LogP contribution in [0.25, 0.3) is 0 Å². The van der Waals surface area contributed by atoms with E-state index in [1.54, 1.807) is 12.1 Å². The Bertz CT molecular complexity index is 425. The van der Waals surface area contributed by atoms with E-state index in [2.05, 4.69) is 5.32 Å². The second-order valence-electron chi connectivity index (χ2n) is 3.64. The summed E-state index contributed by atoms with van der Waals surface area (Å²) in [6.07, 6.45) is 1.19. The Morgan fingerprint density at radius 1 is 1.33 bits per heavy atom. The van der Waals surface area contributed by atoms with E-state index in [1.165, 1.54) is 6.26 Å². The summed E-state index contributed by atoms with van der Waals surface area (Å²) >= 11 is 0. The van der Waals surface area contributed by atoms with Crippen LogP contribution in [0.4, 0.5) is 0 Å². The molecule has 0 radical (unpaired) electrons. The molecule has 98 valence electrons. The van der Waals surface area contributed by atoms with Crippen LogP contribution in [0.5, 0.6) is 0 Å². The summed E-state index contributed by atoms with van der Waals surface area (Å²) in [5, 5.41) is 19.4. The molecule has 0 bridgehead atoms. The van der Waals surface area contributed by atoms with Crippen molar-refractivity contribution in [1.82, 2.24) is 5.32 Å². The Balaban J connectivity index is 2.41. The average molecular weight is 255 g/mol. The van der Waals surface area contributed by atoms with Crippen molar-refractivity contribution in [2.24, 2.45) is 0 Å². The molecule has 0 saturated carbocycles. The minimum Gasteiger partial charge on any atom is -0.481 e. The van der Waals surface area contributed by atoms with Crippen LogP contribution in [0, 0.1) is 0 Å². The number of carbonyl (C=O) groups excluding carboxylic acids is 1. The summed E-state index contributed by atoms with van der Waals surface area (Å²) in [4.78, 5) is 32.5. The van der Waals surface area contributed by atoms with Gasteiger partial charge >= 0.3 is 11.9 Å². The molecule has 0 fully saturated rings. The largest absolute Gasteiger partial charge is 0.481 e. The first-order valence-electron chi connectivity index (χ1n) is 5.25. The molecule has 0 unspecified atom stereocenters. The topological polar surface area (TPSA) is 117 Å². The molecule has 18 heavy (non-hydrogen) atoms. The van der Waals surface area contributed by atoms with Gasteiger partial charge in [-0.05, 0) is 12.1 Å². The standard InChI is InChI=1S/C11H13NO6/c13-9(4-3-7-2-1-5-18-7)12-8(11(16)17)6-10(14)15/h1-2,5,8H,3-4,6H2,(H,12,13)(H,14,15)(H,16,17)/t8-/m0/s1. The zero-order chi connectivity index (χ0) is 13.5. The molecule has 0 aliphatic rings. The minimum atomic E-state index is -1.41. The van der Waals surface area contributed by atoms with Gasteiger partial charge in [0.25, 0.3) is 0 Å². The maximum atomic E-state index is 11.4. The summed E-state index contributed by atoms with van der Waals surface area (Å²) in [7, 11) is 0. The van der Waals surface area contributed by atoms with E-state index >= 15 is 0 Å². The van der Waals surface area contributed by atoms with Crippen LogP contribution in [-0.2, 0) is 20.8 Å². The van der Waals surface area contributed by atoms with E-state index < -0.39 is 30.3 Å². The number of nitrogens with one attached hydrogen (secondary N) is 1. The molecule has 3 N–H and O–H groups in total. The first kappa shape index (κ1) is 13.8. The van der Waals surface area contributed by atoms with E-state index in [-0.39, 0.29) is 6.42 Å². The normalized spacial score (nSPS) is 11.8. The van der Waals surface area contributed by atoms with Crippen molar-refractivity contribution >= 4 is 17.8 Å². The Morgan fingerprint density at radius 2 is 2.06 bits per heavy atom. The van der Waals surface area contributed by atoms with Crippen LogP contribution in [0.2, 0.25) is 0 Å². The quantitative estimate of drug-likeness (QED) is 0.643. The predicted molar refractivity (Wildman–Crippen MR) is 58.8 cm³/mol. The summed E-state index contributed by atoms with van der Waals surface area (Å²) in [5.41, 5.74) is 0. The lowest BCUT2D eigenvalue weighted by atomic mass is 10.2. The fourth-order valence-electron chi connectivity index (χ4n) is 1.33. The molecule has 0 spiro atoms. The average Bonchev–Trinajstić information content (AvgIpc) is 2.77. The number of hydrogen-bond donors (Lipinski definition) is 3. The summed E-state index contributed by atoms with van der Waals surface area (Å²) in [6.45, 7) is 0. The van der Waals surface area contributed by atoms with Crippen LogP contribution in [0.15, 0.2) is 22.8 Å². The van der Waals surface area contributed by atoms with Gasteiger partial charge in [0, 0.05) is 12.8 Å². The molecule has 0 saturated heterocycles. The van der Waals surface area contributed by atoms with Gasteiger partial charge in [0.05, 0.1) is 12.7 Å². The highest BCUT2D eigenvalue weighted by Crippen LogP contribution is 2.04. The minimum absolute atomic E-state index is 0.0386. The molecule has 1 aromatic rings. The summed E-state index contributed by atoms with van der Waals surface area (Å²) in [6, 6.07) is 1.96. The van der Waals surface area contributed by atoms with Gasteiger partial charge in [-0.2, -0.15) is 0 Å².